The molecule has 3 rings (SSSR count). The number of likely N-dealkylation sites (tertiary alicyclic amines) is 1. The molecular weight excluding hydrogens is 330 g/mol. The molecule has 0 bridgehead atoms. The molecule has 0 saturated carbocycles. The third-order valence-electron chi connectivity index (χ3n) is 4.96. The molecule has 3 nitrogen and oxygen atoms in total. The lowest BCUT2D eigenvalue weighted by Crippen LogP contribution is -2.41. The van der Waals surface area contributed by atoms with Crippen molar-refractivity contribution in [2.75, 3.05) is 19.3 Å². The lowest BCUT2D eigenvalue weighted by Gasteiger charge is -2.37. The molecule has 4 heteroatoms. The molecule has 0 spiro atoms. The largest absolute Gasteiger partial charge is 0.481 e. The maximum atomic E-state index is 11.5. The number of carbonyl (C=O) groups is 1. The van der Waals surface area contributed by atoms with Crippen molar-refractivity contribution in [3.8, 4) is 0 Å². The van der Waals surface area contributed by atoms with Gasteiger partial charge in [-0.3, -0.25) is 9.69 Å². The Morgan fingerprint density at radius 1 is 1.20 bits per heavy atom. The number of hydrogen-bond acceptors (Lipinski definition) is 3. The minimum Gasteiger partial charge on any atom is -0.481 e. The van der Waals surface area contributed by atoms with Crippen molar-refractivity contribution < 1.29 is 9.90 Å². The predicted molar refractivity (Wildman–Crippen MR) is 103 cm³/mol. The Kier molecular flexibility index (Phi) is 5.82. The van der Waals surface area contributed by atoms with E-state index in [1.54, 1.807) is 11.8 Å². The number of thioether (sulfide) groups is 1. The number of rotatable bonds is 5. The molecule has 0 aliphatic carbocycles. The van der Waals surface area contributed by atoms with E-state index in [4.69, 9.17) is 0 Å². The van der Waals surface area contributed by atoms with Gasteiger partial charge in [-0.25, -0.2) is 0 Å². The van der Waals surface area contributed by atoms with E-state index in [9.17, 15) is 9.90 Å². The highest BCUT2D eigenvalue weighted by Gasteiger charge is 2.31. The Labute approximate surface area is 154 Å². The van der Waals surface area contributed by atoms with Crippen molar-refractivity contribution in [1.29, 1.82) is 0 Å². The average Bonchev–Trinajstić information content (AvgIpc) is 2.63. The quantitative estimate of drug-likeness (QED) is 0.796. The Balaban J connectivity index is 1.97. The lowest BCUT2D eigenvalue weighted by molar-refractivity contribution is -0.143. The van der Waals surface area contributed by atoms with Crippen LogP contribution in [0.1, 0.15) is 35.6 Å². The Bertz CT molecular complexity index is 729. The highest BCUT2D eigenvalue weighted by atomic mass is 32.2. The number of carboxylic acids is 1. The fraction of sp³-hybridized carbons (Fsp3) is 0.381. The zero-order chi connectivity index (χ0) is 17.8. The van der Waals surface area contributed by atoms with E-state index in [-0.39, 0.29) is 12.0 Å². The van der Waals surface area contributed by atoms with Gasteiger partial charge in [0.05, 0.1) is 12.0 Å². The molecule has 2 aromatic carbocycles. The van der Waals surface area contributed by atoms with E-state index >= 15 is 0 Å². The molecule has 1 aliphatic rings. The molecule has 1 aliphatic heterocycles. The summed E-state index contributed by atoms with van der Waals surface area (Å²) in [6, 6.07) is 17.4. The van der Waals surface area contributed by atoms with E-state index in [0.29, 0.717) is 6.54 Å². The SMILES string of the molecule is CSc1ccc(C(c2cccc(C)c2)N2CCCC(C(=O)O)C2)cc1. The topological polar surface area (TPSA) is 40.5 Å². The van der Waals surface area contributed by atoms with Crippen LogP contribution in [0.15, 0.2) is 53.4 Å². The third kappa shape index (κ3) is 4.25. The molecule has 1 saturated heterocycles. The summed E-state index contributed by atoms with van der Waals surface area (Å²) in [7, 11) is 0. The number of aliphatic carboxylic acids is 1. The Hall–Kier alpha value is -1.78. The summed E-state index contributed by atoms with van der Waals surface area (Å²) in [5.41, 5.74) is 3.70. The highest BCUT2D eigenvalue weighted by molar-refractivity contribution is 7.98. The predicted octanol–water partition coefficient (Wildman–Crippen LogP) is 4.60. The van der Waals surface area contributed by atoms with Gasteiger partial charge in [0.25, 0.3) is 0 Å². The second-order valence-electron chi connectivity index (χ2n) is 6.76. The number of nitrogens with zero attached hydrogens (tertiary/aromatic N) is 1. The van der Waals surface area contributed by atoms with Gasteiger partial charge in [0.1, 0.15) is 0 Å². The van der Waals surface area contributed by atoms with Gasteiger partial charge in [-0.1, -0.05) is 42.0 Å². The highest BCUT2D eigenvalue weighted by Crippen LogP contribution is 2.33. The van der Waals surface area contributed by atoms with E-state index < -0.39 is 5.97 Å². The van der Waals surface area contributed by atoms with E-state index in [0.717, 1.165) is 19.4 Å². The van der Waals surface area contributed by atoms with Crippen LogP contribution in [0.4, 0.5) is 0 Å². The first-order chi connectivity index (χ1) is 12.1. The number of hydrogen-bond donors (Lipinski definition) is 1. The van der Waals surface area contributed by atoms with Crippen LogP contribution in [0.2, 0.25) is 0 Å². The van der Waals surface area contributed by atoms with Crippen LogP contribution in [0.25, 0.3) is 0 Å². The van der Waals surface area contributed by atoms with Gasteiger partial charge in [-0.15, -0.1) is 11.8 Å². The first kappa shape index (κ1) is 18.0. The molecule has 2 unspecified atom stereocenters. The van der Waals surface area contributed by atoms with Crippen LogP contribution >= 0.6 is 11.8 Å². The van der Waals surface area contributed by atoms with Crippen molar-refractivity contribution >= 4 is 17.7 Å². The zero-order valence-corrected chi connectivity index (χ0v) is 15.6. The van der Waals surface area contributed by atoms with Crippen LogP contribution < -0.4 is 0 Å². The van der Waals surface area contributed by atoms with Gasteiger partial charge in [0.2, 0.25) is 0 Å². The summed E-state index contributed by atoms with van der Waals surface area (Å²) in [6.45, 7) is 3.65. The van der Waals surface area contributed by atoms with Gasteiger partial charge < -0.3 is 5.11 Å². The molecule has 0 aromatic heterocycles. The molecule has 1 N–H and O–H groups in total. The van der Waals surface area contributed by atoms with Gasteiger partial charge in [0, 0.05) is 11.4 Å². The molecule has 0 radical (unpaired) electrons. The molecule has 1 heterocycles. The van der Waals surface area contributed by atoms with Crippen LogP contribution in [-0.4, -0.2) is 35.3 Å². The summed E-state index contributed by atoms with van der Waals surface area (Å²) in [5, 5.41) is 9.46. The summed E-state index contributed by atoms with van der Waals surface area (Å²) in [6.07, 6.45) is 3.79. The van der Waals surface area contributed by atoms with Crippen molar-refractivity contribution in [2.45, 2.75) is 30.7 Å². The van der Waals surface area contributed by atoms with Crippen molar-refractivity contribution in [3.05, 3.63) is 65.2 Å². The molecule has 25 heavy (non-hydrogen) atoms. The Morgan fingerprint density at radius 3 is 2.60 bits per heavy atom. The van der Waals surface area contributed by atoms with E-state index in [2.05, 4.69) is 66.6 Å². The zero-order valence-electron chi connectivity index (χ0n) is 14.8. The Morgan fingerprint density at radius 2 is 1.96 bits per heavy atom. The molecule has 1 fully saturated rings. The molecule has 2 atom stereocenters. The maximum Gasteiger partial charge on any atom is 0.307 e. The van der Waals surface area contributed by atoms with Crippen LogP contribution in [0.5, 0.6) is 0 Å². The number of carboxylic acid groups (broad SMARTS) is 1. The van der Waals surface area contributed by atoms with Crippen LogP contribution in [0.3, 0.4) is 0 Å². The smallest absolute Gasteiger partial charge is 0.307 e. The minimum atomic E-state index is -0.676. The fourth-order valence-electron chi connectivity index (χ4n) is 3.68. The summed E-state index contributed by atoms with van der Waals surface area (Å²) < 4.78 is 0. The summed E-state index contributed by atoms with van der Waals surface area (Å²) >= 11 is 1.74. The lowest BCUT2D eigenvalue weighted by atomic mass is 9.91. The van der Waals surface area contributed by atoms with Gasteiger partial charge >= 0.3 is 5.97 Å². The van der Waals surface area contributed by atoms with Crippen molar-refractivity contribution in [1.82, 2.24) is 4.90 Å². The van der Waals surface area contributed by atoms with Gasteiger partial charge in [-0.05, 0) is 55.8 Å². The second kappa shape index (κ2) is 8.07. The van der Waals surface area contributed by atoms with Gasteiger partial charge in [-0.2, -0.15) is 0 Å². The van der Waals surface area contributed by atoms with Gasteiger partial charge in [0.15, 0.2) is 0 Å². The minimum absolute atomic E-state index is 0.109. The molecular formula is C21H25NO2S. The van der Waals surface area contributed by atoms with E-state index in [1.807, 2.05) is 0 Å². The van der Waals surface area contributed by atoms with Crippen molar-refractivity contribution in [2.24, 2.45) is 5.92 Å². The normalized spacial score (nSPS) is 19.5. The molecule has 2 aromatic rings. The van der Waals surface area contributed by atoms with Crippen LogP contribution in [0, 0.1) is 12.8 Å². The standard InChI is InChI=1S/C21H25NO2S/c1-15-5-3-6-17(13-15)20(16-8-10-19(25-2)11-9-16)22-12-4-7-18(14-22)21(23)24/h3,5-6,8-11,13,18,20H,4,7,12,14H2,1-2H3,(H,23,24). The fourth-order valence-corrected chi connectivity index (χ4v) is 4.09. The van der Waals surface area contributed by atoms with Crippen molar-refractivity contribution in [3.63, 3.8) is 0 Å². The molecule has 0 amide bonds. The maximum absolute atomic E-state index is 11.5. The molecule has 132 valence electrons. The third-order valence-corrected chi connectivity index (χ3v) is 5.70. The summed E-state index contributed by atoms with van der Waals surface area (Å²) in [5.74, 6) is -0.947. The first-order valence-electron chi connectivity index (χ1n) is 8.76. The average molecular weight is 356 g/mol. The number of piperidine rings is 1. The second-order valence-corrected chi connectivity index (χ2v) is 7.64. The summed E-state index contributed by atoms with van der Waals surface area (Å²) in [4.78, 5) is 15.1. The van der Waals surface area contributed by atoms with Crippen LogP contribution in [-0.2, 0) is 4.79 Å². The monoisotopic (exact) mass is 355 g/mol. The first-order valence-corrected chi connectivity index (χ1v) is 9.98. The van der Waals surface area contributed by atoms with E-state index in [1.165, 1.54) is 21.6 Å². The number of aryl methyl sites for hydroxylation is 1. The number of benzene rings is 2.